The molecule has 0 atom stereocenters. The highest BCUT2D eigenvalue weighted by Crippen LogP contribution is 2.38. The first-order valence-electron chi connectivity index (χ1n) is 10.1. The van der Waals surface area contributed by atoms with Crippen molar-refractivity contribution in [1.29, 1.82) is 0 Å². The van der Waals surface area contributed by atoms with Gasteiger partial charge in [-0.15, -0.1) is 0 Å². The maximum Gasteiger partial charge on any atom is 0.278 e. The normalized spacial score (nSPS) is 16.7. The number of methoxy groups -OCH3 is 1. The van der Waals surface area contributed by atoms with E-state index in [-0.39, 0.29) is 18.4 Å². The van der Waals surface area contributed by atoms with E-state index in [1.165, 1.54) is 10.5 Å². The molecule has 2 aliphatic heterocycles. The molecule has 29 heavy (non-hydrogen) atoms. The number of carbonyl (C=O) groups is 2. The third-order valence-corrected chi connectivity index (χ3v) is 5.69. The van der Waals surface area contributed by atoms with Gasteiger partial charge >= 0.3 is 0 Å². The minimum atomic E-state index is -0.239. The summed E-state index contributed by atoms with van der Waals surface area (Å²) in [5.74, 6) is -0.476. The van der Waals surface area contributed by atoms with E-state index < -0.39 is 0 Å². The fraction of sp³-hybridized carbons (Fsp3) is 0.333. The molecule has 2 aromatic rings. The number of hydrogen-bond donors (Lipinski definition) is 0. The fourth-order valence-electron chi connectivity index (χ4n) is 4.30. The molecule has 150 valence electrons. The van der Waals surface area contributed by atoms with Gasteiger partial charge in [0.2, 0.25) is 0 Å². The third kappa shape index (κ3) is 3.36. The van der Waals surface area contributed by atoms with Crippen molar-refractivity contribution in [2.45, 2.75) is 26.7 Å². The van der Waals surface area contributed by atoms with Crippen LogP contribution in [0.2, 0.25) is 0 Å². The Kier molecular flexibility index (Phi) is 5.24. The van der Waals surface area contributed by atoms with Gasteiger partial charge in [0.15, 0.2) is 0 Å². The largest absolute Gasteiger partial charge is 0.383 e. The average molecular weight is 390 g/mol. The number of hydrogen-bond acceptors (Lipinski definition) is 4. The van der Waals surface area contributed by atoms with E-state index in [4.69, 9.17) is 4.74 Å². The summed E-state index contributed by atoms with van der Waals surface area (Å²) in [4.78, 5) is 30.2. The molecular formula is C24H26N2O3. The minimum Gasteiger partial charge on any atom is -0.383 e. The lowest BCUT2D eigenvalue weighted by molar-refractivity contribution is -0.137. The number of amides is 2. The topological polar surface area (TPSA) is 49.9 Å². The van der Waals surface area contributed by atoms with Crippen LogP contribution >= 0.6 is 0 Å². The predicted molar refractivity (Wildman–Crippen MR) is 114 cm³/mol. The quantitative estimate of drug-likeness (QED) is 0.734. The van der Waals surface area contributed by atoms with Crippen LogP contribution < -0.4 is 4.90 Å². The first-order valence-corrected chi connectivity index (χ1v) is 10.1. The number of nitrogens with zero attached hydrogens (tertiary/aromatic N) is 2. The number of imide groups is 1. The van der Waals surface area contributed by atoms with Gasteiger partial charge in [0.05, 0.1) is 18.7 Å². The van der Waals surface area contributed by atoms with Crippen LogP contribution in [0.4, 0.5) is 5.69 Å². The Morgan fingerprint density at radius 1 is 1.03 bits per heavy atom. The van der Waals surface area contributed by atoms with Crippen LogP contribution in [-0.4, -0.2) is 43.5 Å². The van der Waals surface area contributed by atoms with Crippen LogP contribution in [0, 0.1) is 13.8 Å². The van der Waals surface area contributed by atoms with Crippen LogP contribution in [0.25, 0.3) is 5.57 Å². The molecule has 0 N–H and O–H groups in total. The molecule has 2 aromatic carbocycles. The zero-order chi connectivity index (χ0) is 20.5. The van der Waals surface area contributed by atoms with Gasteiger partial charge in [0.25, 0.3) is 11.8 Å². The van der Waals surface area contributed by atoms with E-state index in [0.717, 1.165) is 41.8 Å². The Labute approximate surface area is 171 Å². The van der Waals surface area contributed by atoms with Crippen molar-refractivity contribution in [3.8, 4) is 0 Å². The van der Waals surface area contributed by atoms with Crippen molar-refractivity contribution in [2.24, 2.45) is 0 Å². The standard InChI is InChI=1S/C24H26N2O3/c1-16-10-11-19(17(2)15-16)21-22(24(28)26(23(21)27)13-14-29-3)25-12-6-8-18-7-4-5-9-20(18)25/h4-5,7,9-11,15H,6,8,12-14H2,1-3H3. The van der Waals surface area contributed by atoms with Crippen LogP contribution in [0.15, 0.2) is 48.2 Å². The summed E-state index contributed by atoms with van der Waals surface area (Å²) in [5.41, 5.74) is 6.17. The molecule has 0 aliphatic carbocycles. The SMILES string of the molecule is COCCN1C(=O)C(c2ccc(C)cc2C)=C(N2CCCc3ccccc32)C1=O. The number of benzene rings is 2. The van der Waals surface area contributed by atoms with Gasteiger partial charge in [0.1, 0.15) is 5.70 Å². The lowest BCUT2D eigenvalue weighted by Crippen LogP contribution is -2.38. The summed E-state index contributed by atoms with van der Waals surface area (Å²) in [7, 11) is 1.57. The van der Waals surface area contributed by atoms with E-state index in [0.29, 0.717) is 17.9 Å². The average Bonchev–Trinajstić information content (AvgIpc) is 2.96. The lowest BCUT2D eigenvalue weighted by atomic mass is 9.95. The predicted octanol–water partition coefficient (Wildman–Crippen LogP) is 3.48. The molecule has 0 bridgehead atoms. The summed E-state index contributed by atoms with van der Waals surface area (Å²) in [5, 5.41) is 0. The first-order chi connectivity index (χ1) is 14.0. The summed E-state index contributed by atoms with van der Waals surface area (Å²) in [6.07, 6.45) is 1.93. The van der Waals surface area contributed by atoms with E-state index in [1.807, 2.05) is 49.1 Å². The maximum absolute atomic E-state index is 13.4. The second kappa shape index (κ2) is 7.84. The molecule has 4 rings (SSSR count). The number of aryl methyl sites for hydroxylation is 3. The summed E-state index contributed by atoms with van der Waals surface area (Å²) >= 11 is 0. The number of carbonyl (C=O) groups excluding carboxylic acids is 2. The van der Waals surface area contributed by atoms with Crippen LogP contribution in [-0.2, 0) is 20.7 Å². The number of fused-ring (bicyclic) bond motifs is 1. The summed E-state index contributed by atoms with van der Waals surface area (Å²) < 4.78 is 5.14. The Morgan fingerprint density at radius 2 is 1.83 bits per heavy atom. The van der Waals surface area contributed by atoms with Gasteiger partial charge < -0.3 is 9.64 Å². The van der Waals surface area contributed by atoms with E-state index >= 15 is 0 Å². The number of anilines is 1. The molecule has 0 unspecified atom stereocenters. The summed E-state index contributed by atoms with van der Waals surface area (Å²) in [6.45, 7) is 5.31. The van der Waals surface area contributed by atoms with Crippen LogP contribution in [0.1, 0.15) is 28.7 Å². The Hall–Kier alpha value is -2.92. The van der Waals surface area contributed by atoms with Crippen molar-refractivity contribution in [2.75, 3.05) is 31.7 Å². The monoisotopic (exact) mass is 390 g/mol. The van der Waals surface area contributed by atoms with Crippen molar-refractivity contribution in [3.05, 3.63) is 70.4 Å². The zero-order valence-electron chi connectivity index (χ0n) is 17.2. The lowest BCUT2D eigenvalue weighted by Gasteiger charge is -2.32. The van der Waals surface area contributed by atoms with E-state index in [9.17, 15) is 9.59 Å². The molecule has 5 nitrogen and oxygen atoms in total. The molecule has 2 amide bonds. The second-order valence-corrected chi connectivity index (χ2v) is 7.68. The van der Waals surface area contributed by atoms with Gasteiger partial charge in [-0.1, -0.05) is 42.0 Å². The smallest absolute Gasteiger partial charge is 0.278 e. The molecular weight excluding hydrogens is 364 g/mol. The van der Waals surface area contributed by atoms with Gasteiger partial charge in [-0.25, -0.2) is 0 Å². The molecule has 0 saturated carbocycles. The molecule has 2 heterocycles. The highest BCUT2D eigenvalue weighted by atomic mass is 16.5. The molecule has 0 aromatic heterocycles. The Bertz CT molecular complexity index is 1010. The summed E-state index contributed by atoms with van der Waals surface area (Å²) in [6, 6.07) is 14.2. The van der Waals surface area contributed by atoms with Crippen LogP contribution in [0.3, 0.4) is 0 Å². The third-order valence-electron chi connectivity index (χ3n) is 5.69. The van der Waals surface area contributed by atoms with Gasteiger partial charge in [-0.05, 0) is 49.4 Å². The molecule has 0 saturated heterocycles. The molecule has 0 radical (unpaired) electrons. The highest BCUT2D eigenvalue weighted by Gasteiger charge is 2.42. The van der Waals surface area contributed by atoms with Crippen molar-refractivity contribution in [1.82, 2.24) is 4.90 Å². The fourth-order valence-corrected chi connectivity index (χ4v) is 4.30. The van der Waals surface area contributed by atoms with Gasteiger partial charge in [-0.3, -0.25) is 14.5 Å². The number of ether oxygens (including phenoxy) is 1. The number of rotatable bonds is 5. The number of para-hydroxylation sites is 1. The van der Waals surface area contributed by atoms with E-state index in [2.05, 4.69) is 12.1 Å². The zero-order valence-corrected chi connectivity index (χ0v) is 17.2. The molecule has 0 fully saturated rings. The van der Waals surface area contributed by atoms with Crippen molar-refractivity contribution >= 4 is 23.1 Å². The molecule has 0 spiro atoms. The van der Waals surface area contributed by atoms with Gasteiger partial charge in [0, 0.05) is 19.3 Å². The minimum absolute atomic E-state index is 0.237. The second-order valence-electron chi connectivity index (χ2n) is 7.68. The van der Waals surface area contributed by atoms with E-state index in [1.54, 1.807) is 7.11 Å². The molecule has 5 heteroatoms. The Morgan fingerprint density at radius 3 is 2.59 bits per heavy atom. The molecule has 2 aliphatic rings. The van der Waals surface area contributed by atoms with Crippen LogP contribution in [0.5, 0.6) is 0 Å². The van der Waals surface area contributed by atoms with Gasteiger partial charge in [-0.2, -0.15) is 0 Å². The van der Waals surface area contributed by atoms with Crippen molar-refractivity contribution in [3.63, 3.8) is 0 Å². The highest BCUT2D eigenvalue weighted by molar-refractivity contribution is 6.37. The van der Waals surface area contributed by atoms with Crippen molar-refractivity contribution < 1.29 is 14.3 Å². The Balaban J connectivity index is 1.89. The first kappa shape index (κ1) is 19.4. The maximum atomic E-state index is 13.4.